The van der Waals surface area contributed by atoms with Crippen LogP contribution >= 0.6 is 0 Å². The van der Waals surface area contributed by atoms with Gasteiger partial charge in [0.1, 0.15) is 5.41 Å². The van der Waals surface area contributed by atoms with Crippen LogP contribution in [0.5, 0.6) is 0 Å². The number of nitrogens with one attached hydrogen (secondary N) is 1. The quantitative estimate of drug-likeness (QED) is 0.697. The number of amides is 1. The zero-order valence-corrected chi connectivity index (χ0v) is 16.8. The Morgan fingerprint density at radius 1 is 1.17 bits per heavy atom. The Kier molecular flexibility index (Phi) is 5.38. The van der Waals surface area contributed by atoms with Gasteiger partial charge in [0.25, 0.3) is 5.91 Å². The minimum absolute atomic E-state index is 0.0541. The molecule has 1 aromatic carbocycles. The minimum atomic E-state index is -4.40. The summed E-state index contributed by atoms with van der Waals surface area (Å²) in [5, 5.41) is 7.64. The van der Waals surface area contributed by atoms with E-state index in [0.717, 1.165) is 25.1 Å². The van der Waals surface area contributed by atoms with Gasteiger partial charge in [-0.05, 0) is 57.0 Å². The van der Waals surface area contributed by atoms with Crippen LogP contribution in [-0.2, 0) is 18.9 Å². The summed E-state index contributed by atoms with van der Waals surface area (Å²) in [5.74, 6) is -0.242. The molecule has 0 atom stereocenters. The average molecular weight is 404 g/mol. The number of alkyl halides is 3. The highest BCUT2D eigenvalue weighted by molar-refractivity contribution is 5.97. The van der Waals surface area contributed by atoms with Crippen LogP contribution in [0.1, 0.15) is 41.2 Å². The third kappa shape index (κ3) is 4.11. The Morgan fingerprint density at radius 3 is 2.52 bits per heavy atom. The fraction of sp³-hybridized carbons (Fsp3) is 0.381. The maximum atomic E-state index is 13.3. The second-order valence-corrected chi connectivity index (χ2v) is 7.61. The summed E-state index contributed by atoms with van der Waals surface area (Å²) < 4.78 is 41.6. The molecule has 0 aliphatic carbocycles. The van der Waals surface area contributed by atoms with Crippen LogP contribution < -0.4 is 5.32 Å². The fourth-order valence-corrected chi connectivity index (χ4v) is 2.96. The number of hydrogen-bond acceptors (Lipinski definition) is 3. The number of aryl methyl sites for hydroxylation is 1. The molecule has 3 rings (SSSR count). The molecule has 3 aromatic rings. The summed E-state index contributed by atoms with van der Waals surface area (Å²) in [6, 6.07) is 7.72. The molecule has 0 aliphatic heterocycles. The van der Waals surface area contributed by atoms with Crippen LogP contribution in [0.25, 0.3) is 10.9 Å². The van der Waals surface area contributed by atoms with Gasteiger partial charge in [-0.1, -0.05) is 6.07 Å². The summed E-state index contributed by atoms with van der Waals surface area (Å²) in [6.45, 7) is 4.63. The predicted molar refractivity (Wildman–Crippen MR) is 105 cm³/mol. The summed E-state index contributed by atoms with van der Waals surface area (Å²) in [6.07, 6.45) is -1.96. The van der Waals surface area contributed by atoms with Gasteiger partial charge in [0.15, 0.2) is 0 Å². The number of carbonyl (C=O) groups excluding carboxylic acids is 1. The predicted octanol–water partition coefficient (Wildman–Crippen LogP) is 4.09. The second-order valence-electron chi connectivity index (χ2n) is 7.61. The number of nitrogens with zero attached hydrogens (tertiary/aromatic N) is 3. The summed E-state index contributed by atoms with van der Waals surface area (Å²) in [7, 11) is 1.86. The van der Waals surface area contributed by atoms with Crippen LogP contribution in [0.4, 0.5) is 13.2 Å². The van der Waals surface area contributed by atoms with Gasteiger partial charge in [-0.2, -0.15) is 18.3 Å². The van der Waals surface area contributed by atoms with Gasteiger partial charge in [-0.3, -0.25) is 14.5 Å². The van der Waals surface area contributed by atoms with E-state index in [4.69, 9.17) is 0 Å². The molecule has 2 heterocycles. The normalized spacial score (nSPS) is 12.4. The Balaban J connectivity index is 1.73. The van der Waals surface area contributed by atoms with Crippen LogP contribution in [-0.4, -0.2) is 33.4 Å². The number of hydrogen-bond donors (Lipinski definition) is 1. The van der Waals surface area contributed by atoms with Crippen molar-refractivity contribution in [3.8, 4) is 0 Å². The Morgan fingerprint density at radius 2 is 1.90 bits per heavy atom. The molecule has 0 saturated heterocycles. The molecule has 0 unspecified atom stereocenters. The van der Waals surface area contributed by atoms with E-state index in [2.05, 4.69) is 15.4 Å². The highest BCUT2D eigenvalue weighted by Crippen LogP contribution is 2.39. The minimum Gasteiger partial charge on any atom is -0.352 e. The first-order chi connectivity index (χ1) is 13.5. The Bertz CT molecular complexity index is 1050. The third-order valence-corrected chi connectivity index (χ3v) is 5.32. The van der Waals surface area contributed by atoms with Crippen molar-refractivity contribution in [1.29, 1.82) is 0 Å². The molecule has 154 valence electrons. The van der Waals surface area contributed by atoms with Gasteiger partial charge < -0.3 is 5.32 Å². The molecule has 0 aliphatic rings. The summed E-state index contributed by atoms with van der Waals surface area (Å²) in [5.41, 5.74) is 0.861. The van der Waals surface area contributed by atoms with E-state index >= 15 is 0 Å². The van der Waals surface area contributed by atoms with E-state index < -0.39 is 11.6 Å². The molecular weight excluding hydrogens is 381 g/mol. The van der Waals surface area contributed by atoms with Crippen molar-refractivity contribution in [3.05, 3.63) is 59.0 Å². The molecule has 0 saturated carbocycles. The molecule has 1 N–H and O–H groups in total. The van der Waals surface area contributed by atoms with Gasteiger partial charge in [-0.15, -0.1) is 0 Å². The Labute approximate surface area is 166 Å². The number of fused-ring (bicyclic) bond motifs is 1. The lowest BCUT2D eigenvalue weighted by Crippen LogP contribution is -2.37. The number of halogens is 3. The van der Waals surface area contributed by atoms with Gasteiger partial charge >= 0.3 is 6.18 Å². The Hall–Kier alpha value is -2.90. The average Bonchev–Trinajstić information content (AvgIpc) is 2.98. The molecule has 0 spiro atoms. The van der Waals surface area contributed by atoms with Crippen LogP contribution in [0, 0.1) is 6.92 Å². The highest BCUT2D eigenvalue weighted by Gasteiger charge is 2.49. The van der Waals surface area contributed by atoms with Gasteiger partial charge in [-0.25, -0.2) is 0 Å². The molecular formula is C21H23F3N4O. The van der Waals surface area contributed by atoms with E-state index in [0.29, 0.717) is 29.4 Å². The van der Waals surface area contributed by atoms with Crippen molar-refractivity contribution in [2.24, 2.45) is 7.05 Å². The van der Waals surface area contributed by atoms with Crippen molar-refractivity contribution in [2.45, 2.75) is 38.8 Å². The number of aromatic nitrogens is 3. The highest BCUT2D eigenvalue weighted by atomic mass is 19.4. The van der Waals surface area contributed by atoms with E-state index in [1.165, 1.54) is 6.07 Å². The van der Waals surface area contributed by atoms with Crippen molar-refractivity contribution in [3.63, 3.8) is 0 Å². The third-order valence-electron chi connectivity index (χ3n) is 5.32. The monoisotopic (exact) mass is 404 g/mol. The van der Waals surface area contributed by atoms with Crippen LogP contribution in [0.15, 0.2) is 36.5 Å². The lowest BCUT2D eigenvalue weighted by atomic mass is 9.87. The molecule has 0 bridgehead atoms. The molecule has 0 fully saturated rings. The largest absolute Gasteiger partial charge is 0.399 e. The summed E-state index contributed by atoms with van der Waals surface area (Å²) in [4.78, 5) is 16.6. The van der Waals surface area contributed by atoms with E-state index in [9.17, 15) is 18.0 Å². The number of carbonyl (C=O) groups is 1. The first kappa shape index (κ1) is 20.8. The van der Waals surface area contributed by atoms with Crippen LogP contribution in [0.3, 0.4) is 0 Å². The molecule has 2 aromatic heterocycles. The number of pyridine rings is 1. The fourth-order valence-electron chi connectivity index (χ4n) is 2.96. The lowest BCUT2D eigenvalue weighted by molar-refractivity contribution is -0.181. The SMILES string of the molecule is Cc1c(CCNC(=O)c2ccc3nc(C(C)(C)C(F)(F)F)ccc3c2)cnn1C. The number of rotatable bonds is 5. The smallest absolute Gasteiger partial charge is 0.352 e. The molecule has 29 heavy (non-hydrogen) atoms. The van der Waals surface area contributed by atoms with E-state index in [-0.39, 0.29) is 11.6 Å². The molecule has 5 nitrogen and oxygen atoms in total. The standard InChI is InChI=1S/C21H23F3N4O/c1-13-16(12-26-28(13)4)9-10-25-19(29)15-5-7-17-14(11-15)6-8-18(27-17)20(2,3)21(22,23)24/h5-8,11-12H,9-10H2,1-4H3,(H,25,29). The maximum Gasteiger partial charge on any atom is 0.399 e. The first-order valence-corrected chi connectivity index (χ1v) is 9.24. The zero-order valence-electron chi connectivity index (χ0n) is 16.8. The topological polar surface area (TPSA) is 59.8 Å². The maximum absolute atomic E-state index is 13.3. The van der Waals surface area contributed by atoms with Gasteiger partial charge in [0.2, 0.25) is 0 Å². The van der Waals surface area contributed by atoms with Crippen molar-refractivity contribution in [2.75, 3.05) is 6.54 Å². The second kappa shape index (κ2) is 7.50. The van der Waals surface area contributed by atoms with Crippen molar-refractivity contribution >= 4 is 16.8 Å². The van der Waals surface area contributed by atoms with E-state index in [1.807, 2.05) is 14.0 Å². The first-order valence-electron chi connectivity index (χ1n) is 9.24. The molecule has 1 amide bonds. The summed E-state index contributed by atoms with van der Waals surface area (Å²) >= 11 is 0. The molecule has 8 heteroatoms. The van der Waals surface area contributed by atoms with Gasteiger partial charge in [0.05, 0.1) is 17.4 Å². The lowest BCUT2D eigenvalue weighted by Gasteiger charge is -2.27. The van der Waals surface area contributed by atoms with Gasteiger partial charge in [0, 0.05) is 30.2 Å². The van der Waals surface area contributed by atoms with Crippen molar-refractivity contribution in [1.82, 2.24) is 20.1 Å². The van der Waals surface area contributed by atoms with E-state index in [1.54, 1.807) is 35.1 Å². The molecule has 0 radical (unpaired) electrons. The number of benzene rings is 1. The van der Waals surface area contributed by atoms with Crippen molar-refractivity contribution < 1.29 is 18.0 Å². The van der Waals surface area contributed by atoms with Crippen LogP contribution in [0.2, 0.25) is 0 Å². The zero-order chi connectivity index (χ0) is 21.4.